The molecule has 0 atom stereocenters. The van der Waals surface area contributed by atoms with Crippen LogP contribution in [-0.4, -0.2) is 42.1 Å². The molecule has 0 N–H and O–H groups in total. The maximum Gasteiger partial charge on any atom is 0.257 e. The highest BCUT2D eigenvalue weighted by molar-refractivity contribution is 7.96. The molecule has 0 aliphatic carbocycles. The zero-order chi connectivity index (χ0) is 107. The highest BCUT2D eigenvalue weighted by atomic mass is 35.5. The smallest absolute Gasteiger partial charge is 0.257 e. The fourth-order valence-electron chi connectivity index (χ4n) is 14.7. The van der Waals surface area contributed by atoms with E-state index in [1.165, 1.54) is 69.4 Å². The average molecular weight is 2280 g/mol. The summed E-state index contributed by atoms with van der Waals surface area (Å²) in [6.45, 7) is 11.0. The Balaban J connectivity index is 0.000000178. The molecule has 16 rings (SSSR count). The van der Waals surface area contributed by atoms with Crippen molar-refractivity contribution in [1.82, 2.24) is 0 Å². The summed E-state index contributed by atoms with van der Waals surface area (Å²) < 4.78 is 161. The van der Waals surface area contributed by atoms with E-state index in [2.05, 4.69) is 12.1 Å². The monoisotopic (exact) mass is 2280 g/mol. The number of anilines is 4. The van der Waals surface area contributed by atoms with Crippen LogP contribution in [-0.2, 0) is 95.1 Å². The van der Waals surface area contributed by atoms with E-state index in [1.54, 1.807) is 273 Å². The highest BCUT2D eigenvalue weighted by Crippen LogP contribution is 2.35. The Labute approximate surface area is 925 Å². The fourth-order valence-corrected chi connectivity index (χ4v) is 22.4. The number of ether oxygens (including phenoxy) is 2. The van der Waals surface area contributed by atoms with E-state index in [4.69, 9.17) is 114 Å². The van der Waals surface area contributed by atoms with Crippen molar-refractivity contribution >= 4 is 207 Å². The molecule has 0 aliphatic rings. The maximum atomic E-state index is 13.6. The van der Waals surface area contributed by atoms with Gasteiger partial charge in [-0.25, -0.2) is 46.5 Å². The van der Waals surface area contributed by atoms with Crippen molar-refractivity contribution in [3.8, 4) is 11.5 Å². The minimum absolute atomic E-state index is 0. The number of hydrogen-bond donors (Lipinski definition) is 0. The molecule has 16 aromatic rings. The third-order valence-electron chi connectivity index (χ3n) is 21.9. The maximum absolute atomic E-state index is 13.6. The van der Waals surface area contributed by atoms with Gasteiger partial charge in [0.25, 0.3) is 40.1 Å². The summed E-state index contributed by atoms with van der Waals surface area (Å²) in [4.78, 5) is 0. The first kappa shape index (κ1) is 118. The Bertz CT molecular complexity index is 7970. The molecule has 774 valence electrons. The van der Waals surface area contributed by atoms with Crippen LogP contribution in [0.1, 0.15) is 102 Å². The minimum Gasteiger partial charge on any atom is -0.489 e. The van der Waals surface area contributed by atoms with Crippen molar-refractivity contribution in [3.05, 3.63) is 555 Å². The third kappa shape index (κ3) is 38.6. The molecule has 16 aromatic carbocycles. The largest absolute Gasteiger partial charge is 0.489 e. The topological polar surface area (TPSA) is 202 Å². The SMILES string of the molecule is C.Cc1ccc(CN(c2cccc(Cl)c2)S(=O)(=O)/C=C/c2cccc(Cl)c2)cc1Cl.Cc1cccc(COc2cccc(CS(=O)(=O)/C=C/c3cccc(Cl)c3)c2)c1.Cc1cccc(COc2cccc(N(Cc3cccc(Cl)c3)S(=O)(=O)/C=C/c3cccc(Cl)c3)c2)c1.Cc1cccc(N(Cc2cccc(Cl)c2)S(=O)(=O)/C=C/c2cccc(Cl)c2)c1.Cc1cccc(N(Cc2cccc(F)c2)S(=O)(=O)/C=C/c2cccc(Cl)c2)c1. The lowest BCUT2D eigenvalue weighted by molar-refractivity contribution is 0.306. The van der Waals surface area contributed by atoms with Crippen LogP contribution in [0.4, 0.5) is 27.1 Å². The van der Waals surface area contributed by atoms with E-state index in [-0.39, 0.29) is 39.4 Å². The summed E-state index contributed by atoms with van der Waals surface area (Å²) in [6.07, 6.45) is 7.64. The summed E-state index contributed by atoms with van der Waals surface area (Å²) in [5, 5.41) is 10.7. The predicted octanol–water partition coefficient (Wildman–Crippen LogP) is 33.4. The summed E-state index contributed by atoms with van der Waals surface area (Å²) in [5.74, 6) is 0.715. The molecule has 0 aromatic heterocycles. The fraction of sp³-hybridized carbons (Fsp3) is 0.109. The van der Waals surface area contributed by atoms with Gasteiger partial charge in [-0.05, 0) is 318 Å². The zero-order valence-electron chi connectivity index (χ0n) is 81.1. The molecule has 0 bridgehead atoms. The Morgan fingerprint density at radius 2 is 0.513 bits per heavy atom. The van der Waals surface area contributed by atoms with Crippen LogP contribution in [0, 0.1) is 40.4 Å². The van der Waals surface area contributed by atoms with E-state index in [1.807, 2.05) is 132 Å². The van der Waals surface area contributed by atoms with Crippen molar-refractivity contribution < 1.29 is 56.0 Å². The molecular weight excluding hydrogens is 2180 g/mol. The molecule has 0 aliphatic heterocycles. The van der Waals surface area contributed by atoms with Gasteiger partial charge in [-0.3, -0.25) is 17.2 Å². The Kier molecular flexibility index (Phi) is 44.2. The molecule has 0 amide bonds. The van der Waals surface area contributed by atoms with E-state index < -0.39 is 55.7 Å². The van der Waals surface area contributed by atoms with Gasteiger partial charge in [-0.1, -0.05) is 329 Å². The lowest BCUT2D eigenvalue weighted by atomic mass is 10.1. The van der Waals surface area contributed by atoms with Crippen molar-refractivity contribution in [3.63, 3.8) is 0 Å². The second kappa shape index (κ2) is 56.4. The van der Waals surface area contributed by atoms with Crippen LogP contribution in [0.2, 0.25) is 45.2 Å². The van der Waals surface area contributed by atoms with E-state index in [9.17, 15) is 46.5 Å². The van der Waals surface area contributed by atoms with Crippen LogP contribution in [0.5, 0.6) is 11.5 Å². The lowest BCUT2D eigenvalue weighted by Gasteiger charge is -2.23. The van der Waals surface area contributed by atoms with Crippen molar-refractivity contribution in [1.29, 1.82) is 0 Å². The molecule has 31 heteroatoms. The standard InChI is InChI=1S/C29H25Cl2NO3S.C23H21ClO3S.C22H18Cl3NO2S.C22H19Cl2NO2S.C22H19ClFNO2S.CH4/c1-22-6-2-9-25(16-22)21-35-29-13-5-12-28(19-29)32(20-24-8-4-11-27(31)18-24)36(33,34)15-14-23-7-3-10-26(30)17-23;1-18-5-2-7-20(13-18)16-27-23-10-4-8-21(15-23)17-28(25,26)12-11-19-6-3-9-22(24)14-19;1-16-8-9-18(13-22(16)25)15-26(21-7-3-6-20(24)14-21)29(27,28)11-10-17-4-2-5-19(23)12-17;2*1-17-5-2-10-22(13-17)25(16-19-7-4-9-21(24)15-19)28(26,27)12-11-18-6-3-8-20(23)14-18;/h2-19H,20-21H2,1H3;2-15H,16-17H2,1H3;2-14H,15H2,1H3;2*2-15H,16H2,1H3;1H4/b15-14+;12-11+;11-10+;2*12-11+;. The van der Waals surface area contributed by atoms with Crippen molar-refractivity contribution in [2.75, 3.05) is 17.2 Å². The van der Waals surface area contributed by atoms with Crippen molar-refractivity contribution in [2.45, 2.75) is 87.2 Å². The number of halogens is 10. The molecule has 0 saturated carbocycles. The first-order valence-corrected chi connectivity index (χ1v) is 57.2. The summed E-state index contributed by atoms with van der Waals surface area (Å²) >= 11 is 54.5. The molecule has 150 heavy (non-hydrogen) atoms. The normalized spacial score (nSPS) is 11.6. The summed E-state index contributed by atoms with van der Waals surface area (Å²) in [6, 6.07) is 112. The molecule has 0 radical (unpaired) electrons. The number of benzene rings is 16. The number of hydrogen-bond acceptors (Lipinski definition) is 12. The van der Waals surface area contributed by atoms with Crippen molar-refractivity contribution in [2.24, 2.45) is 0 Å². The molecular formula is C119H106Cl9FN4O12S5. The quantitative estimate of drug-likeness (QED) is 0.0370. The number of sulfonamides is 4. The number of aryl methyl sites for hydroxylation is 5. The number of sulfone groups is 1. The van der Waals surface area contributed by atoms with Crippen LogP contribution in [0.3, 0.4) is 0 Å². The predicted molar refractivity (Wildman–Crippen MR) is 625 cm³/mol. The Hall–Kier alpha value is -12.7. The molecule has 16 nitrogen and oxygen atoms in total. The average Bonchev–Trinajstić information content (AvgIpc) is 0.813. The summed E-state index contributed by atoms with van der Waals surface area (Å²) in [7, 11) is -18.7. The lowest BCUT2D eigenvalue weighted by Crippen LogP contribution is -2.28. The van der Waals surface area contributed by atoms with Crippen LogP contribution in [0.15, 0.2) is 409 Å². The number of nitrogens with zero attached hydrogens (tertiary/aromatic N) is 4. The van der Waals surface area contributed by atoms with Crippen LogP contribution >= 0.6 is 104 Å². The molecule has 0 fully saturated rings. The second-order valence-corrected chi connectivity index (χ2v) is 46.9. The van der Waals surface area contributed by atoms with E-state index >= 15 is 0 Å². The van der Waals surface area contributed by atoms with Gasteiger partial charge in [0.1, 0.15) is 30.5 Å². The van der Waals surface area contributed by atoms with Crippen LogP contribution < -0.4 is 26.7 Å². The highest BCUT2D eigenvalue weighted by Gasteiger charge is 2.27. The van der Waals surface area contributed by atoms with Crippen LogP contribution in [0.25, 0.3) is 30.4 Å². The van der Waals surface area contributed by atoms with Gasteiger partial charge in [-0.15, -0.1) is 0 Å². The van der Waals surface area contributed by atoms with Gasteiger partial charge < -0.3 is 9.47 Å². The van der Waals surface area contributed by atoms with Gasteiger partial charge in [0, 0.05) is 56.7 Å². The summed E-state index contributed by atoms with van der Waals surface area (Å²) in [5.41, 5.74) is 16.4. The molecule has 0 spiro atoms. The Morgan fingerprint density at radius 1 is 0.247 bits per heavy atom. The molecule has 0 saturated heterocycles. The first-order valence-electron chi connectivity index (χ1n) is 46.0. The van der Waals surface area contributed by atoms with Gasteiger partial charge in [0.15, 0.2) is 9.84 Å². The zero-order valence-corrected chi connectivity index (χ0v) is 92.0. The second-order valence-electron chi connectivity index (χ2n) is 34.1. The molecule has 0 unspecified atom stereocenters. The minimum atomic E-state index is -3.88. The Morgan fingerprint density at radius 3 is 0.853 bits per heavy atom. The first-order chi connectivity index (χ1) is 71.1. The molecule has 0 heterocycles. The van der Waals surface area contributed by atoms with E-state index in [0.29, 0.717) is 126 Å². The van der Waals surface area contributed by atoms with Gasteiger partial charge in [0.2, 0.25) is 0 Å². The van der Waals surface area contributed by atoms with Gasteiger partial charge in [0.05, 0.1) is 76.3 Å². The number of rotatable bonds is 34. The van der Waals surface area contributed by atoms with Gasteiger partial charge in [-0.2, -0.15) is 0 Å². The van der Waals surface area contributed by atoms with Gasteiger partial charge >= 0.3 is 0 Å². The third-order valence-corrected chi connectivity index (χ3v) is 31.2. The van der Waals surface area contributed by atoms with E-state index in [0.717, 1.165) is 66.5 Å².